The summed E-state index contributed by atoms with van der Waals surface area (Å²) in [5.41, 5.74) is 2.53. The molecule has 0 aliphatic rings. The zero-order chi connectivity index (χ0) is 19.4. The first kappa shape index (κ1) is 19.0. The molecule has 2 aromatic carbocycles. The Labute approximate surface area is 163 Å². The number of nitrogens with zero attached hydrogens (tertiary/aromatic N) is 3. The maximum Gasteiger partial charge on any atom is 0.246 e. The summed E-state index contributed by atoms with van der Waals surface area (Å²) in [5, 5.41) is 9.96. The van der Waals surface area contributed by atoms with Crippen molar-refractivity contribution in [3.8, 4) is 5.69 Å². The minimum atomic E-state index is -0.363. The van der Waals surface area contributed by atoms with Crippen LogP contribution in [0.3, 0.4) is 0 Å². The Hall–Kier alpha value is -2.77. The van der Waals surface area contributed by atoms with Gasteiger partial charge in [-0.3, -0.25) is 19.4 Å². The predicted molar refractivity (Wildman–Crippen MR) is 110 cm³/mol. The molecule has 3 aromatic rings. The third-order valence-corrected chi connectivity index (χ3v) is 4.79. The molecule has 1 amide bonds. The molecule has 0 bridgehead atoms. The average molecular weight is 382 g/mol. The first-order valence-electron chi connectivity index (χ1n) is 8.81. The van der Waals surface area contributed by atoms with Gasteiger partial charge in [0.25, 0.3) is 0 Å². The summed E-state index contributed by atoms with van der Waals surface area (Å²) in [5.74, 6) is 0.687. The smallest absolute Gasteiger partial charge is 0.246 e. The van der Waals surface area contributed by atoms with Crippen LogP contribution >= 0.6 is 12.2 Å². The fourth-order valence-corrected chi connectivity index (χ4v) is 3.32. The summed E-state index contributed by atoms with van der Waals surface area (Å²) >= 11 is 5.29. The van der Waals surface area contributed by atoms with Crippen molar-refractivity contribution >= 4 is 23.8 Å². The zero-order valence-corrected chi connectivity index (χ0v) is 16.5. The zero-order valence-electron chi connectivity index (χ0n) is 15.6. The van der Waals surface area contributed by atoms with Gasteiger partial charge in [0.05, 0.1) is 5.69 Å². The molecule has 7 heteroatoms. The third-order valence-electron chi connectivity index (χ3n) is 4.52. The van der Waals surface area contributed by atoms with E-state index in [1.54, 1.807) is 0 Å². The summed E-state index contributed by atoms with van der Waals surface area (Å²) in [6.07, 6.45) is 0. The van der Waals surface area contributed by atoms with E-state index >= 15 is 0 Å². The number of rotatable bonds is 6. The molecule has 0 unspecified atom stereocenters. The average Bonchev–Trinajstić information content (AvgIpc) is 3.01. The Morgan fingerprint density at radius 2 is 2.00 bits per heavy atom. The summed E-state index contributed by atoms with van der Waals surface area (Å²) in [6, 6.07) is 17.0. The summed E-state index contributed by atoms with van der Waals surface area (Å²) < 4.78 is 2.35. The number of carbonyl (C=O) groups is 1. The topological polar surface area (TPSA) is 66.0 Å². The molecule has 0 aliphatic carbocycles. The van der Waals surface area contributed by atoms with Gasteiger partial charge in [-0.25, -0.2) is 0 Å². The van der Waals surface area contributed by atoms with Gasteiger partial charge in [0.15, 0.2) is 4.77 Å². The van der Waals surface area contributed by atoms with Crippen LogP contribution in [0.1, 0.15) is 24.4 Å². The number of H-pyrrole nitrogens is 1. The highest BCUT2D eigenvalue weighted by Gasteiger charge is 2.24. The number of hydrogen-bond acceptors (Lipinski definition) is 4. The lowest BCUT2D eigenvalue weighted by molar-refractivity contribution is -0.121. The van der Waals surface area contributed by atoms with Crippen molar-refractivity contribution in [2.75, 3.05) is 18.9 Å². The molecule has 0 spiro atoms. The molecule has 0 saturated carbocycles. The molecular weight excluding hydrogens is 358 g/mol. The Kier molecular flexibility index (Phi) is 5.83. The molecule has 0 aliphatic heterocycles. The Morgan fingerprint density at radius 3 is 2.63 bits per heavy atom. The first-order valence-corrected chi connectivity index (χ1v) is 9.22. The van der Waals surface area contributed by atoms with Gasteiger partial charge >= 0.3 is 0 Å². The minimum absolute atomic E-state index is 0.0739. The number of aromatic amines is 1. The maximum atomic E-state index is 13.0. The Balaban J connectivity index is 1.89. The second-order valence-electron chi connectivity index (χ2n) is 6.34. The van der Waals surface area contributed by atoms with Crippen LogP contribution in [0.5, 0.6) is 0 Å². The lowest BCUT2D eigenvalue weighted by atomic mass is 10.0. The Bertz CT molecular complexity index is 979. The molecule has 0 saturated heterocycles. The number of hydrogen-bond donors (Lipinski definition) is 2. The van der Waals surface area contributed by atoms with E-state index in [4.69, 9.17) is 12.2 Å². The fraction of sp³-hybridized carbons (Fsp3) is 0.250. The number of likely N-dealkylation sites (N-methyl/N-ethyl adjacent to an activating group) is 1. The van der Waals surface area contributed by atoms with E-state index in [1.165, 1.54) is 0 Å². The Morgan fingerprint density at radius 1 is 1.26 bits per heavy atom. The highest BCUT2D eigenvalue weighted by molar-refractivity contribution is 7.71. The molecule has 3 rings (SSSR count). The van der Waals surface area contributed by atoms with Gasteiger partial charge in [-0.05, 0) is 56.5 Å². The van der Waals surface area contributed by atoms with Crippen LogP contribution in [0.4, 0.5) is 5.69 Å². The van der Waals surface area contributed by atoms with E-state index < -0.39 is 0 Å². The largest absolute Gasteiger partial charge is 0.324 e. The number of aromatic nitrogens is 3. The van der Waals surface area contributed by atoms with E-state index in [9.17, 15) is 4.79 Å². The van der Waals surface area contributed by atoms with Crippen LogP contribution in [0, 0.1) is 11.7 Å². The number of carbonyl (C=O) groups excluding carboxylic acids is 1. The molecule has 0 fully saturated rings. The van der Waals surface area contributed by atoms with Crippen LogP contribution in [-0.4, -0.2) is 39.2 Å². The molecule has 6 nitrogen and oxygen atoms in total. The number of benzene rings is 2. The van der Waals surface area contributed by atoms with Crippen molar-refractivity contribution in [1.82, 2.24) is 19.7 Å². The van der Waals surface area contributed by atoms with Gasteiger partial charge < -0.3 is 5.32 Å². The van der Waals surface area contributed by atoms with Crippen molar-refractivity contribution in [2.45, 2.75) is 19.9 Å². The SMILES string of the molecule is CCN(C)[C@@H](C(=O)Nc1cccc(-n2c(C)n[nH]c2=S)c1)c1ccccc1. The highest BCUT2D eigenvalue weighted by Crippen LogP contribution is 2.23. The monoisotopic (exact) mass is 381 g/mol. The predicted octanol–water partition coefficient (Wildman–Crippen LogP) is 3.87. The van der Waals surface area contributed by atoms with Gasteiger partial charge in [-0.2, -0.15) is 5.10 Å². The standard InChI is InChI=1S/C20H23N5OS/c1-4-24(3)18(15-9-6-5-7-10-15)19(26)21-16-11-8-12-17(13-16)25-14(2)22-23-20(25)27/h5-13,18H,4H2,1-3H3,(H,21,26)(H,23,27)/t18-/m1/s1. The highest BCUT2D eigenvalue weighted by atomic mass is 32.1. The van der Waals surface area contributed by atoms with E-state index in [-0.39, 0.29) is 11.9 Å². The van der Waals surface area contributed by atoms with Crippen LogP contribution in [0.25, 0.3) is 5.69 Å². The number of aryl methyl sites for hydroxylation is 1. The van der Waals surface area contributed by atoms with Crippen LogP contribution in [-0.2, 0) is 4.79 Å². The first-order chi connectivity index (χ1) is 13.0. The molecular formula is C20H23N5OS. The molecule has 1 aromatic heterocycles. The second kappa shape index (κ2) is 8.28. The number of amides is 1. The molecule has 1 atom stereocenters. The van der Waals surface area contributed by atoms with Gasteiger partial charge in [-0.1, -0.05) is 43.3 Å². The number of nitrogens with one attached hydrogen (secondary N) is 2. The third kappa shape index (κ3) is 4.15. The number of anilines is 1. The summed E-state index contributed by atoms with van der Waals surface area (Å²) in [7, 11) is 1.95. The summed E-state index contributed by atoms with van der Waals surface area (Å²) in [6.45, 7) is 4.67. The maximum absolute atomic E-state index is 13.0. The van der Waals surface area contributed by atoms with Gasteiger partial charge in [0.1, 0.15) is 11.9 Å². The lowest BCUT2D eigenvalue weighted by Crippen LogP contribution is -2.34. The molecule has 140 valence electrons. The molecule has 2 N–H and O–H groups in total. The van der Waals surface area contributed by atoms with Gasteiger partial charge in [0.2, 0.25) is 5.91 Å². The van der Waals surface area contributed by atoms with Crippen molar-refractivity contribution in [3.05, 3.63) is 70.8 Å². The quantitative estimate of drug-likeness (QED) is 0.636. The van der Waals surface area contributed by atoms with E-state index in [2.05, 4.69) is 15.5 Å². The fourth-order valence-electron chi connectivity index (χ4n) is 3.04. The van der Waals surface area contributed by atoms with Crippen LogP contribution < -0.4 is 5.32 Å². The van der Waals surface area contributed by atoms with E-state index in [1.807, 2.05) is 85.0 Å². The second-order valence-corrected chi connectivity index (χ2v) is 6.72. The van der Waals surface area contributed by atoms with Crippen LogP contribution in [0.15, 0.2) is 54.6 Å². The van der Waals surface area contributed by atoms with Crippen molar-refractivity contribution in [2.24, 2.45) is 0 Å². The molecule has 27 heavy (non-hydrogen) atoms. The lowest BCUT2D eigenvalue weighted by Gasteiger charge is -2.26. The van der Waals surface area contributed by atoms with Crippen molar-refractivity contribution in [1.29, 1.82) is 0 Å². The normalized spacial score (nSPS) is 12.1. The molecule has 1 heterocycles. The summed E-state index contributed by atoms with van der Waals surface area (Å²) in [4.78, 5) is 15.1. The minimum Gasteiger partial charge on any atom is -0.324 e. The van der Waals surface area contributed by atoms with Crippen molar-refractivity contribution < 1.29 is 4.79 Å². The van der Waals surface area contributed by atoms with E-state index in [0.717, 1.165) is 23.6 Å². The molecule has 0 radical (unpaired) electrons. The van der Waals surface area contributed by atoms with E-state index in [0.29, 0.717) is 10.5 Å². The van der Waals surface area contributed by atoms with Crippen LogP contribution in [0.2, 0.25) is 0 Å². The van der Waals surface area contributed by atoms with Gasteiger partial charge in [-0.15, -0.1) is 0 Å². The van der Waals surface area contributed by atoms with Crippen molar-refractivity contribution in [3.63, 3.8) is 0 Å². The van der Waals surface area contributed by atoms with Gasteiger partial charge in [0, 0.05) is 5.69 Å².